The van der Waals surface area contributed by atoms with Gasteiger partial charge in [0.25, 0.3) is 0 Å². The Kier molecular flexibility index (Phi) is 4.79. The fraction of sp³-hybridized carbons (Fsp3) is 0.333. The van der Waals surface area contributed by atoms with Gasteiger partial charge in [0.15, 0.2) is 0 Å². The molecule has 4 nitrogen and oxygen atoms in total. The minimum Gasteiger partial charge on any atom is -0.354 e. The van der Waals surface area contributed by atoms with Gasteiger partial charge in [0, 0.05) is 18.3 Å². The van der Waals surface area contributed by atoms with E-state index in [1.807, 2.05) is 38.1 Å². The molecule has 5 heteroatoms. The van der Waals surface area contributed by atoms with Gasteiger partial charge < -0.3 is 10.6 Å². The molecule has 0 fully saturated rings. The Labute approximate surface area is 124 Å². The average Bonchev–Trinajstić information content (AvgIpc) is 2.40. The second-order valence-electron chi connectivity index (χ2n) is 4.70. The average molecular weight is 291 g/mol. The molecule has 0 saturated heterocycles. The standard InChI is InChI=1S/C15H19ClN4/c1-4-8-17-15-18-11(3)9-13(20-15)19-14-10(2)6-5-7-12(14)16/h5-7,9H,4,8H2,1-3H3,(H2,17,18,19,20). The van der Waals surface area contributed by atoms with Gasteiger partial charge >= 0.3 is 0 Å². The fourth-order valence-corrected chi connectivity index (χ4v) is 2.14. The molecule has 0 unspecified atom stereocenters. The van der Waals surface area contributed by atoms with Crippen molar-refractivity contribution in [3.63, 3.8) is 0 Å². The number of hydrogen-bond acceptors (Lipinski definition) is 4. The van der Waals surface area contributed by atoms with Crippen molar-refractivity contribution >= 4 is 29.1 Å². The Morgan fingerprint density at radius 1 is 1.20 bits per heavy atom. The maximum Gasteiger partial charge on any atom is 0.224 e. The minimum absolute atomic E-state index is 0.638. The second kappa shape index (κ2) is 6.57. The molecule has 20 heavy (non-hydrogen) atoms. The highest BCUT2D eigenvalue weighted by Crippen LogP contribution is 2.28. The summed E-state index contributed by atoms with van der Waals surface area (Å²) in [7, 11) is 0. The van der Waals surface area contributed by atoms with Gasteiger partial charge in [0.05, 0.1) is 10.7 Å². The molecule has 0 aliphatic heterocycles. The zero-order valence-corrected chi connectivity index (χ0v) is 12.8. The van der Waals surface area contributed by atoms with Crippen LogP contribution in [0.5, 0.6) is 0 Å². The van der Waals surface area contributed by atoms with E-state index in [1.165, 1.54) is 0 Å². The van der Waals surface area contributed by atoms with Crippen LogP contribution in [-0.4, -0.2) is 16.5 Å². The summed E-state index contributed by atoms with van der Waals surface area (Å²) in [6.07, 6.45) is 1.03. The van der Waals surface area contributed by atoms with Crippen LogP contribution in [0.25, 0.3) is 0 Å². The number of nitrogens with zero attached hydrogens (tertiary/aromatic N) is 2. The first-order valence-corrected chi connectivity index (χ1v) is 7.09. The fourth-order valence-electron chi connectivity index (χ4n) is 1.87. The molecule has 0 aliphatic carbocycles. The Morgan fingerprint density at radius 3 is 2.70 bits per heavy atom. The van der Waals surface area contributed by atoms with Gasteiger partial charge in [0.2, 0.25) is 5.95 Å². The van der Waals surface area contributed by atoms with Gasteiger partial charge in [-0.15, -0.1) is 0 Å². The summed E-state index contributed by atoms with van der Waals surface area (Å²) in [5.41, 5.74) is 2.87. The summed E-state index contributed by atoms with van der Waals surface area (Å²) in [4.78, 5) is 8.82. The smallest absolute Gasteiger partial charge is 0.224 e. The van der Waals surface area contributed by atoms with Crippen molar-refractivity contribution in [2.45, 2.75) is 27.2 Å². The predicted molar refractivity (Wildman–Crippen MR) is 85.0 cm³/mol. The molecule has 2 N–H and O–H groups in total. The highest BCUT2D eigenvalue weighted by Gasteiger charge is 2.07. The summed E-state index contributed by atoms with van der Waals surface area (Å²) in [5, 5.41) is 7.15. The van der Waals surface area contributed by atoms with Crippen molar-refractivity contribution in [1.29, 1.82) is 0 Å². The summed E-state index contributed by atoms with van der Waals surface area (Å²) in [6, 6.07) is 7.71. The van der Waals surface area contributed by atoms with E-state index in [2.05, 4.69) is 27.5 Å². The minimum atomic E-state index is 0.638. The van der Waals surface area contributed by atoms with E-state index in [0.717, 1.165) is 35.7 Å². The van der Waals surface area contributed by atoms with E-state index >= 15 is 0 Å². The van der Waals surface area contributed by atoms with Gasteiger partial charge in [-0.2, -0.15) is 4.98 Å². The molecule has 0 bridgehead atoms. The summed E-state index contributed by atoms with van der Waals surface area (Å²) < 4.78 is 0. The molecule has 1 aromatic heterocycles. The van der Waals surface area contributed by atoms with Crippen LogP contribution in [-0.2, 0) is 0 Å². The summed E-state index contributed by atoms with van der Waals surface area (Å²) in [5.74, 6) is 1.38. The number of hydrogen-bond donors (Lipinski definition) is 2. The van der Waals surface area contributed by atoms with Crippen LogP contribution in [0.4, 0.5) is 17.5 Å². The van der Waals surface area contributed by atoms with Gasteiger partial charge in [0.1, 0.15) is 5.82 Å². The number of halogens is 1. The van der Waals surface area contributed by atoms with Gasteiger partial charge in [-0.1, -0.05) is 30.7 Å². The van der Waals surface area contributed by atoms with Gasteiger partial charge in [-0.25, -0.2) is 4.98 Å². The van der Waals surface area contributed by atoms with Crippen molar-refractivity contribution in [1.82, 2.24) is 9.97 Å². The largest absolute Gasteiger partial charge is 0.354 e. The van der Waals surface area contributed by atoms with Crippen molar-refractivity contribution in [3.05, 3.63) is 40.5 Å². The van der Waals surface area contributed by atoms with E-state index in [4.69, 9.17) is 11.6 Å². The highest BCUT2D eigenvalue weighted by molar-refractivity contribution is 6.33. The molecule has 0 amide bonds. The molecule has 0 atom stereocenters. The Morgan fingerprint density at radius 2 is 2.00 bits per heavy atom. The monoisotopic (exact) mass is 290 g/mol. The molecule has 106 valence electrons. The molecule has 0 radical (unpaired) electrons. The van der Waals surface area contributed by atoms with E-state index in [-0.39, 0.29) is 0 Å². The quantitative estimate of drug-likeness (QED) is 0.861. The van der Waals surface area contributed by atoms with Crippen LogP contribution in [0.2, 0.25) is 5.02 Å². The van der Waals surface area contributed by atoms with Crippen LogP contribution < -0.4 is 10.6 Å². The molecular weight excluding hydrogens is 272 g/mol. The third-order valence-electron chi connectivity index (χ3n) is 2.86. The molecule has 1 aromatic carbocycles. The van der Waals surface area contributed by atoms with Crippen molar-refractivity contribution < 1.29 is 0 Å². The van der Waals surface area contributed by atoms with Crippen molar-refractivity contribution in [3.8, 4) is 0 Å². The van der Waals surface area contributed by atoms with Crippen molar-refractivity contribution in [2.24, 2.45) is 0 Å². The lowest BCUT2D eigenvalue weighted by molar-refractivity contribution is 0.947. The second-order valence-corrected chi connectivity index (χ2v) is 5.11. The number of anilines is 3. The molecule has 0 saturated carbocycles. The predicted octanol–water partition coefficient (Wildman–Crippen LogP) is 4.31. The van der Waals surface area contributed by atoms with Crippen LogP contribution >= 0.6 is 11.6 Å². The Bertz CT molecular complexity index is 578. The lowest BCUT2D eigenvalue weighted by Gasteiger charge is -2.12. The molecular formula is C15H19ClN4. The SMILES string of the molecule is CCCNc1nc(C)cc(Nc2c(C)cccc2Cl)n1. The molecule has 0 spiro atoms. The van der Waals surface area contributed by atoms with E-state index in [0.29, 0.717) is 11.0 Å². The molecule has 1 heterocycles. The van der Waals surface area contributed by atoms with E-state index < -0.39 is 0 Å². The maximum atomic E-state index is 6.22. The summed E-state index contributed by atoms with van der Waals surface area (Å²) in [6.45, 7) is 6.92. The number of aryl methyl sites for hydroxylation is 2. The molecule has 0 aliphatic rings. The Hall–Kier alpha value is -1.81. The van der Waals surface area contributed by atoms with Crippen molar-refractivity contribution in [2.75, 3.05) is 17.2 Å². The zero-order chi connectivity index (χ0) is 14.5. The number of rotatable bonds is 5. The van der Waals surface area contributed by atoms with E-state index in [1.54, 1.807) is 0 Å². The first-order valence-electron chi connectivity index (χ1n) is 6.72. The highest BCUT2D eigenvalue weighted by atomic mass is 35.5. The first-order chi connectivity index (χ1) is 9.60. The van der Waals surface area contributed by atoms with Gasteiger partial charge in [-0.3, -0.25) is 0 Å². The topological polar surface area (TPSA) is 49.8 Å². The normalized spacial score (nSPS) is 10.4. The third kappa shape index (κ3) is 3.61. The number of aromatic nitrogens is 2. The van der Waals surface area contributed by atoms with Gasteiger partial charge in [-0.05, 0) is 31.9 Å². The number of nitrogens with one attached hydrogen (secondary N) is 2. The summed E-state index contributed by atoms with van der Waals surface area (Å²) >= 11 is 6.22. The lowest BCUT2D eigenvalue weighted by Crippen LogP contribution is -2.07. The van der Waals surface area contributed by atoms with E-state index in [9.17, 15) is 0 Å². The first kappa shape index (κ1) is 14.6. The Balaban J connectivity index is 2.27. The zero-order valence-electron chi connectivity index (χ0n) is 12.0. The van der Waals surface area contributed by atoms with Crippen LogP contribution in [0, 0.1) is 13.8 Å². The number of benzene rings is 1. The lowest BCUT2D eigenvalue weighted by atomic mass is 10.2. The van der Waals surface area contributed by atoms with Crippen LogP contribution in [0.1, 0.15) is 24.6 Å². The van der Waals surface area contributed by atoms with Crippen LogP contribution in [0.3, 0.4) is 0 Å². The molecule has 2 aromatic rings. The van der Waals surface area contributed by atoms with Crippen LogP contribution in [0.15, 0.2) is 24.3 Å². The maximum absolute atomic E-state index is 6.22. The third-order valence-corrected chi connectivity index (χ3v) is 3.18. The number of para-hydroxylation sites is 1. The molecule has 2 rings (SSSR count).